The van der Waals surface area contributed by atoms with Crippen LogP contribution in [-0.2, 0) is 21.4 Å². The number of ether oxygens (including phenoxy) is 1. The largest absolute Gasteiger partial charge is 0.459 e. The summed E-state index contributed by atoms with van der Waals surface area (Å²) in [5, 5.41) is 0. The maximum atomic E-state index is 12.0. The standard InChI is InChI=1S/C19H26BrNO2/c1-18(2,3)23-17(22)13-21-10-8-19(9-11-21)7-6-14-12-15(20)4-5-16(14)19/h4-5,12H,6-11,13H2,1-3H3. The van der Waals surface area contributed by atoms with E-state index >= 15 is 0 Å². The van der Waals surface area contributed by atoms with E-state index in [4.69, 9.17) is 4.74 Å². The summed E-state index contributed by atoms with van der Waals surface area (Å²) in [7, 11) is 0. The van der Waals surface area contributed by atoms with Crippen LogP contribution >= 0.6 is 15.9 Å². The van der Waals surface area contributed by atoms with Gasteiger partial charge in [0.25, 0.3) is 0 Å². The Hall–Kier alpha value is -0.870. The van der Waals surface area contributed by atoms with Crippen molar-refractivity contribution in [3.8, 4) is 0 Å². The number of hydrogen-bond donors (Lipinski definition) is 0. The van der Waals surface area contributed by atoms with Crippen LogP contribution < -0.4 is 0 Å². The number of aryl methyl sites for hydroxylation is 1. The average Bonchev–Trinajstić information content (AvgIpc) is 2.78. The van der Waals surface area contributed by atoms with Crippen molar-refractivity contribution in [2.24, 2.45) is 0 Å². The molecule has 2 aliphatic rings. The van der Waals surface area contributed by atoms with Crippen molar-refractivity contribution in [1.29, 1.82) is 0 Å². The molecule has 0 N–H and O–H groups in total. The minimum atomic E-state index is -0.397. The first kappa shape index (κ1) is 17.0. The lowest BCUT2D eigenvalue weighted by Crippen LogP contribution is -2.44. The number of rotatable bonds is 2. The number of hydrogen-bond acceptors (Lipinski definition) is 3. The summed E-state index contributed by atoms with van der Waals surface area (Å²) >= 11 is 3.58. The molecule has 0 atom stereocenters. The van der Waals surface area contributed by atoms with E-state index in [1.165, 1.54) is 28.4 Å². The molecule has 0 amide bonds. The Morgan fingerprint density at radius 2 is 1.96 bits per heavy atom. The lowest BCUT2D eigenvalue weighted by Gasteiger charge is -2.40. The number of piperidine rings is 1. The van der Waals surface area contributed by atoms with Crippen LogP contribution in [0.15, 0.2) is 22.7 Å². The summed E-state index contributed by atoms with van der Waals surface area (Å²) in [6.45, 7) is 8.14. The molecule has 1 fully saturated rings. The van der Waals surface area contributed by atoms with E-state index in [0.29, 0.717) is 12.0 Å². The Morgan fingerprint density at radius 3 is 2.61 bits per heavy atom. The van der Waals surface area contributed by atoms with Crippen molar-refractivity contribution in [1.82, 2.24) is 4.90 Å². The molecule has 1 aliphatic heterocycles. The van der Waals surface area contributed by atoms with Gasteiger partial charge in [-0.05, 0) is 88.2 Å². The van der Waals surface area contributed by atoms with Crippen molar-refractivity contribution in [3.05, 3.63) is 33.8 Å². The van der Waals surface area contributed by atoms with E-state index in [0.717, 1.165) is 25.9 Å². The van der Waals surface area contributed by atoms with E-state index in [2.05, 4.69) is 39.0 Å². The third-order valence-corrected chi connectivity index (χ3v) is 5.59. The second kappa shape index (κ2) is 6.21. The van der Waals surface area contributed by atoms with Crippen molar-refractivity contribution in [2.75, 3.05) is 19.6 Å². The average molecular weight is 380 g/mol. The Bertz CT molecular complexity index is 598. The Balaban J connectivity index is 1.61. The molecular formula is C19H26BrNO2. The van der Waals surface area contributed by atoms with Crippen LogP contribution in [0.3, 0.4) is 0 Å². The normalized spacial score (nSPS) is 20.5. The van der Waals surface area contributed by atoms with Gasteiger partial charge in [-0.25, -0.2) is 0 Å². The predicted octanol–water partition coefficient (Wildman–Crippen LogP) is 4.07. The highest BCUT2D eigenvalue weighted by molar-refractivity contribution is 9.10. The number of carbonyl (C=O) groups is 1. The molecule has 1 spiro atoms. The molecule has 3 rings (SSSR count). The predicted molar refractivity (Wildman–Crippen MR) is 95.7 cm³/mol. The molecule has 0 aromatic heterocycles. The smallest absolute Gasteiger partial charge is 0.320 e. The molecule has 1 saturated heterocycles. The van der Waals surface area contributed by atoms with E-state index < -0.39 is 5.60 Å². The molecule has 126 valence electrons. The fourth-order valence-electron chi connectivity index (χ4n) is 4.01. The molecule has 4 heteroatoms. The molecule has 0 unspecified atom stereocenters. The minimum absolute atomic E-state index is 0.107. The van der Waals surface area contributed by atoms with Crippen molar-refractivity contribution in [2.45, 2.75) is 57.5 Å². The molecule has 0 bridgehead atoms. The first-order valence-corrected chi connectivity index (χ1v) is 9.30. The zero-order valence-electron chi connectivity index (χ0n) is 14.3. The van der Waals surface area contributed by atoms with Gasteiger partial charge in [0.1, 0.15) is 5.60 Å². The lowest BCUT2D eigenvalue weighted by atomic mass is 9.74. The molecule has 1 aliphatic carbocycles. The van der Waals surface area contributed by atoms with Gasteiger partial charge in [0.2, 0.25) is 0 Å². The van der Waals surface area contributed by atoms with E-state index in [-0.39, 0.29) is 5.97 Å². The van der Waals surface area contributed by atoms with Gasteiger partial charge < -0.3 is 4.74 Å². The third kappa shape index (κ3) is 3.80. The highest BCUT2D eigenvalue weighted by Gasteiger charge is 2.41. The highest BCUT2D eigenvalue weighted by Crippen LogP contribution is 2.46. The fourth-order valence-corrected chi connectivity index (χ4v) is 4.42. The van der Waals surface area contributed by atoms with Crippen LogP contribution in [0.25, 0.3) is 0 Å². The van der Waals surface area contributed by atoms with Gasteiger partial charge in [0.15, 0.2) is 0 Å². The first-order valence-electron chi connectivity index (χ1n) is 8.51. The van der Waals surface area contributed by atoms with Gasteiger partial charge in [-0.15, -0.1) is 0 Å². The number of fused-ring (bicyclic) bond motifs is 2. The minimum Gasteiger partial charge on any atom is -0.459 e. The summed E-state index contributed by atoms with van der Waals surface area (Å²) in [6, 6.07) is 6.74. The number of carbonyl (C=O) groups excluding carboxylic acids is 1. The van der Waals surface area contributed by atoms with Gasteiger partial charge in [0.05, 0.1) is 6.54 Å². The molecule has 1 aromatic rings. The maximum Gasteiger partial charge on any atom is 0.320 e. The molecule has 3 nitrogen and oxygen atoms in total. The Kier molecular flexibility index (Phi) is 4.58. The Morgan fingerprint density at radius 1 is 1.26 bits per heavy atom. The lowest BCUT2D eigenvalue weighted by molar-refractivity contribution is -0.156. The number of esters is 1. The quantitative estimate of drug-likeness (QED) is 0.725. The number of halogens is 1. The first-order chi connectivity index (χ1) is 10.8. The fraction of sp³-hybridized carbons (Fsp3) is 0.632. The van der Waals surface area contributed by atoms with Crippen LogP contribution in [0.2, 0.25) is 0 Å². The van der Waals surface area contributed by atoms with Gasteiger partial charge in [0, 0.05) is 4.47 Å². The number of nitrogens with zero attached hydrogens (tertiary/aromatic N) is 1. The molecule has 1 heterocycles. The van der Waals surface area contributed by atoms with Crippen molar-refractivity contribution < 1.29 is 9.53 Å². The van der Waals surface area contributed by atoms with Crippen LogP contribution in [0.4, 0.5) is 0 Å². The zero-order valence-corrected chi connectivity index (χ0v) is 15.9. The summed E-state index contributed by atoms with van der Waals surface area (Å²) in [5.41, 5.74) is 2.98. The molecule has 0 saturated carbocycles. The van der Waals surface area contributed by atoms with Gasteiger partial charge in [-0.2, -0.15) is 0 Å². The Labute approximate surface area is 147 Å². The van der Waals surface area contributed by atoms with Crippen LogP contribution in [0.1, 0.15) is 51.2 Å². The maximum absolute atomic E-state index is 12.0. The summed E-state index contributed by atoms with van der Waals surface area (Å²) in [4.78, 5) is 14.3. The van der Waals surface area contributed by atoms with E-state index in [1.54, 1.807) is 0 Å². The molecular weight excluding hydrogens is 354 g/mol. The van der Waals surface area contributed by atoms with Gasteiger partial charge in [-0.1, -0.05) is 22.0 Å². The van der Waals surface area contributed by atoms with Crippen LogP contribution in [0.5, 0.6) is 0 Å². The van der Waals surface area contributed by atoms with Crippen molar-refractivity contribution >= 4 is 21.9 Å². The summed E-state index contributed by atoms with van der Waals surface area (Å²) in [5.74, 6) is -0.107. The van der Waals surface area contributed by atoms with E-state index in [1.807, 2.05) is 20.8 Å². The second-order valence-corrected chi connectivity index (χ2v) is 8.86. The van der Waals surface area contributed by atoms with Crippen molar-refractivity contribution in [3.63, 3.8) is 0 Å². The molecule has 0 radical (unpaired) electrons. The number of likely N-dealkylation sites (tertiary alicyclic amines) is 1. The van der Waals surface area contributed by atoms with Crippen LogP contribution in [0, 0.1) is 0 Å². The van der Waals surface area contributed by atoms with E-state index in [9.17, 15) is 4.79 Å². The molecule has 23 heavy (non-hydrogen) atoms. The van der Waals surface area contributed by atoms with Gasteiger partial charge >= 0.3 is 5.97 Å². The highest BCUT2D eigenvalue weighted by atomic mass is 79.9. The SMILES string of the molecule is CC(C)(C)OC(=O)CN1CCC2(CCc3cc(Br)ccc32)CC1. The zero-order chi connectivity index (χ0) is 16.7. The third-order valence-electron chi connectivity index (χ3n) is 5.10. The summed E-state index contributed by atoms with van der Waals surface area (Å²) in [6.07, 6.45) is 4.72. The summed E-state index contributed by atoms with van der Waals surface area (Å²) < 4.78 is 6.62. The topological polar surface area (TPSA) is 29.5 Å². The molecule has 1 aromatic carbocycles. The van der Waals surface area contributed by atoms with Gasteiger partial charge in [-0.3, -0.25) is 9.69 Å². The number of benzene rings is 1. The monoisotopic (exact) mass is 379 g/mol. The van der Waals surface area contributed by atoms with Crippen LogP contribution in [-0.4, -0.2) is 36.1 Å². The second-order valence-electron chi connectivity index (χ2n) is 7.94.